The van der Waals surface area contributed by atoms with Crippen molar-refractivity contribution >= 4 is 23.5 Å². The molecule has 1 heterocycles. The van der Waals surface area contributed by atoms with Crippen molar-refractivity contribution in [3.05, 3.63) is 29.3 Å². The Morgan fingerprint density at radius 1 is 1.11 bits per heavy atom. The Labute approximate surface area is 166 Å². The lowest BCUT2D eigenvalue weighted by Gasteiger charge is -2.36. The Bertz CT molecular complexity index is 723. The van der Waals surface area contributed by atoms with Crippen molar-refractivity contribution in [2.75, 3.05) is 18.4 Å². The number of nitrogens with zero attached hydrogens (tertiary/aromatic N) is 1. The van der Waals surface area contributed by atoms with Crippen molar-refractivity contribution in [2.45, 2.75) is 64.5 Å². The molecule has 3 N–H and O–H groups in total. The Balaban J connectivity index is 1.63. The van der Waals surface area contributed by atoms with Crippen LogP contribution in [-0.4, -0.2) is 47.9 Å². The highest BCUT2D eigenvalue weighted by Crippen LogP contribution is 2.19. The maximum atomic E-state index is 12.8. The van der Waals surface area contributed by atoms with Gasteiger partial charge in [0.1, 0.15) is 6.04 Å². The zero-order valence-corrected chi connectivity index (χ0v) is 16.7. The molecule has 7 nitrogen and oxygen atoms in total. The molecule has 1 aromatic rings. The predicted molar refractivity (Wildman–Crippen MR) is 108 cm³/mol. The van der Waals surface area contributed by atoms with Crippen LogP contribution in [-0.2, 0) is 9.59 Å². The summed E-state index contributed by atoms with van der Waals surface area (Å²) >= 11 is 0. The van der Waals surface area contributed by atoms with E-state index in [0.29, 0.717) is 18.8 Å². The van der Waals surface area contributed by atoms with Gasteiger partial charge in [-0.25, -0.2) is 4.79 Å². The first-order valence-electron chi connectivity index (χ1n) is 10.2. The number of nitrogens with one attached hydrogen (secondary N) is 3. The Morgan fingerprint density at radius 2 is 1.79 bits per heavy atom. The van der Waals surface area contributed by atoms with Crippen LogP contribution in [0.2, 0.25) is 0 Å². The minimum absolute atomic E-state index is 0.0586. The number of amides is 4. The van der Waals surface area contributed by atoms with Gasteiger partial charge in [0.05, 0.1) is 6.42 Å². The summed E-state index contributed by atoms with van der Waals surface area (Å²) in [5, 5.41) is 8.67. The van der Waals surface area contributed by atoms with Crippen LogP contribution in [0.25, 0.3) is 0 Å². The lowest BCUT2D eigenvalue weighted by Crippen LogP contribution is -2.61. The van der Waals surface area contributed by atoms with Gasteiger partial charge in [-0.2, -0.15) is 0 Å². The van der Waals surface area contributed by atoms with Gasteiger partial charge in [-0.1, -0.05) is 25.3 Å². The topological polar surface area (TPSA) is 90.5 Å². The highest BCUT2D eigenvalue weighted by Gasteiger charge is 2.35. The first-order chi connectivity index (χ1) is 13.4. The summed E-state index contributed by atoms with van der Waals surface area (Å²) in [6, 6.07) is 4.94. The lowest BCUT2D eigenvalue weighted by atomic mass is 9.95. The SMILES string of the molecule is Cc1cc(C)cc(NC(=O)C[C@H]2C(=O)NCCN2C(=O)NC2CCCCC2)c1. The number of urea groups is 1. The van der Waals surface area contributed by atoms with Gasteiger partial charge in [0, 0.05) is 24.8 Å². The van der Waals surface area contributed by atoms with Gasteiger partial charge in [-0.3, -0.25) is 9.59 Å². The van der Waals surface area contributed by atoms with E-state index in [9.17, 15) is 14.4 Å². The van der Waals surface area contributed by atoms with Crippen LogP contribution in [0.3, 0.4) is 0 Å². The molecular formula is C21H30N4O3. The van der Waals surface area contributed by atoms with Crippen LogP contribution >= 0.6 is 0 Å². The Morgan fingerprint density at radius 3 is 2.46 bits per heavy atom. The normalized spacial score (nSPS) is 20.4. The molecule has 1 aliphatic carbocycles. The van der Waals surface area contributed by atoms with E-state index in [1.165, 1.54) is 11.3 Å². The minimum Gasteiger partial charge on any atom is -0.353 e. The molecule has 1 atom stereocenters. The van der Waals surface area contributed by atoms with Crippen LogP contribution in [0.4, 0.5) is 10.5 Å². The first-order valence-corrected chi connectivity index (χ1v) is 10.2. The van der Waals surface area contributed by atoms with E-state index >= 15 is 0 Å². The molecule has 4 amide bonds. The maximum absolute atomic E-state index is 12.8. The van der Waals surface area contributed by atoms with Crippen molar-refractivity contribution < 1.29 is 14.4 Å². The molecule has 1 saturated heterocycles. The van der Waals surface area contributed by atoms with Crippen LogP contribution in [0.15, 0.2) is 18.2 Å². The van der Waals surface area contributed by atoms with E-state index in [0.717, 1.165) is 36.8 Å². The van der Waals surface area contributed by atoms with E-state index < -0.39 is 6.04 Å². The highest BCUT2D eigenvalue weighted by molar-refractivity contribution is 5.97. The average molecular weight is 386 g/mol. The monoisotopic (exact) mass is 386 g/mol. The Hall–Kier alpha value is -2.57. The first kappa shape index (κ1) is 20.2. The minimum atomic E-state index is -0.789. The standard InChI is InChI=1S/C21H30N4O3/c1-14-10-15(2)12-17(11-14)23-19(26)13-18-20(27)22-8-9-25(18)21(28)24-16-6-4-3-5-7-16/h10-12,16,18H,3-9,13H2,1-2H3,(H,22,27)(H,23,26)(H,24,28)/t18-/m0/s1. The molecule has 0 spiro atoms. The number of anilines is 1. The summed E-state index contributed by atoms with van der Waals surface area (Å²) in [6.45, 7) is 4.75. The van der Waals surface area contributed by atoms with Gasteiger partial charge in [0.15, 0.2) is 0 Å². The van der Waals surface area contributed by atoms with Crippen molar-refractivity contribution in [3.8, 4) is 0 Å². The second-order valence-electron chi connectivity index (χ2n) is 7.91. The molecule has 0 aromatic heterocycles. The molecule has 3 rings (SSSR count). The number of hydrogen-bond donors (Lipinski definition) is 3. The van der Waals surface area contributed by atoms with Crippen molar-refractivity contribution in [1.82, 2.24) is 15.5 Å². The Kier molecular flexibility index (Phi) is 6.54. The fourth-order valence-corrected chi connectivity index (χ4v) is 4.10. The number of benzene rings is 1. The number of rotatable bonds is 4. The summed E-state index contributed by atoms with van der Waals surface area (Å²) in [6.07, 6.45) is 5.34. The molecule has 1 aliphatic heterocycles. The van der Waals surface area contributed by atoms with Gasteiger partial charge >= 0.3 is 6.03 Å². The van der Waals surface area contributed by atoms with Gasteiger partial charge in [0.25, 0.3) is 0 Å². The smallest absolute Gasteiger partial charge is 0.318 e. The van der Waals surface area contributed by atoms with Gasteiger partial charge in [-0.05, 0) is 49.9 Å². The molecule has 1 aromatic carbocycles. The van der Waals surface area contributed by atoms with E-state index in [1.54, 1.807) is 0 Å². The molecular weight excluding hydrogens is 356 g/mol. The third-order valence-corrected chi connectivity index (χ3v) is 5.41. The fraction of sp³-hybridized carbons (Fsp3) is 0.571. The van der Waals surface area contributed by atoms with E-state index in [1.807, 2.05) is 32.0 Å². The zero-order chi connectivity index (χ0) is 20.1. The quantitative estimate of drug-likeness (QED) is 0.742. The highest BCUT2D eigenvalue weighted by atomic mass is 16.2. The number of hydrogen-bond acceptors (Lipinski definition) is 3. The van der Waals surface area contributed by atoms with Crippen LogP contribution in [0, 0.1) is 13.8 Å². The number of carbonyl (C=O) groups is 3. The van der Waals surface area contributed by atoms with Crippen LogP contribution in [0.5, 0.6) is 0 Å². The molecule has 0 unspecified atom stereocenters. The summed E-state index contributed by atoms with van der Waals surface area (Å²) in [4.78, 5) is 39.2. The molecule has 0 bridgehead atoms. The number of carbonyl (C=O) groups excluding carboxylic acids is 3. The van der Waals surface area contributed by atoms with Crippen molar-refractivity contribution in [3.63, 3.8) is 0 Å². The van der Waals surface area contributed by atoms with Crippen molar-refractivity contribution in [2.24, 2.45) is 0 Å². The van der Waals surface area contributed by atoms with Gasteiger partial charge in [-0.15, -0.1) is 0 Å². The maximum Gasteiger partial charge on any atom is 0.318 e. The molecule has 152 valence electrons. The largest absolute Gasteiger partial charge is 0.353 e. The lowest BCUT2D eigenvalue weighted by molar-refractivity contribution is -0.131. The van der Waals surface area contributed by atoms with Crippen LogP contribution in [0.1, 0.15) is 49.7 Å². The van der Waals surface area contributed by atoms with E-state index in [-0.39, 0.29) is 30.3 Å². The van der Waals surface area contributed by atoms with Crippen molar-refractivity contribution in [1.29, 1.82) is 0 Å². The predicted octanol–water partition coefficient (Wildman–Crippen LogP) is 2.47. The number of aryl methyl sites for hydroxylation is 2. The molecule has 7 heteroatoms. The molecule has 2 fully saturated rings. The molecule has 1 saturated carbocycles. The molecule has 0 radical (unpaired) electrons. The summed E-state index contributed by atoms with van der Waals surface area (Å²) < 4.78 is 0. The zero-order valence-electron chi connectivity index (χ0n) is 16.7. The second-order valence-corrected chi connectivity index (χ2v) is 7.91. The average Bonchev–Trinajstić information content (AvgIpc) is 2.63. The summed E-state index contributed by atoms with van der Waals surface area (Å²) in [7, 11) is 0. The van der Waals surface area contributed by atoms with Gasteiger partial charge < -0.3 is 20.9 Å². The number of piperazine rings is 1. The molecule has 2 aliphatic rings. The van der Waals surface area contributed by atoms with E-state index in [4.69, 9.17) is 0 Å². The third-order valence-electron chi connectivity index (χ3n) is 5.41. The van der Waals surface area contributed by atoms with Gasteiger partial charge in [0.2, 0.25) is 11.8 Å². The summed E-state index contributed by atoms with van der Waals surface area (Å²) in [5.74, 6) is -0.553. The second kappa shape index (κ2) is 9.08. The van der Waals surface area contributed by atoms with Crippen LogP contribution < -0.4 is 16.0 Å². The summed E-state index contributed by atoms with van der Waals surface area (Å²) in [5.41, 5.74) is 2.82. The van der Waals surface area contributed by atoms with E-state index in [2.05, 4.69) is 16.0 Å². The molecule has 28 heavy (non-hydrogen) atoms. The fourth-order valence-electron chi connectivity index (χ4n) is 4.10. The third kappa shape index (κ3) is 5.24.